The molecule has 0 amide bonds. The maximum Gasteiger partial charge on any atom is 0.191 e. The van der Waals surface area contributed by atoms with Crippen molar-refractivity contribution in [1.29, 1.82) is 0 Å². The maximum absolute atomic E-state index is 5.33. The number of aromatic nitrogens is 3. The van der Waals surface area contributed by atoms with Crippen LogP contribution in [-0.4, -0.2) is 59.2 Å². The SMILES string of the molecule is CN=C(NCc1ccc(-n2ccnc2C)nc1)NCC(c1ccc(OC)cc1)N1CCCC1. The van der Waals surface area contributed by atoms with Crippen LogP contribution in [0.4, 0.5) is 0 Å². The summed E-state index contributed by atoms with van der Waals surface area (Å²) in [6.45, 7) is 5.64. The van der Waals surface area contributed by atoms with Gasteiger partial charge in [-0.1, -0.05) is 18.2 Å². The number of pyridine rings is 1. The third-order valence-electron chi connectivity index (χ3n) is 6.11. The smallest absolute Gasteiger partial charge is 0.191 e. The van der Waals surface area contributed by atoms with Crippen LogP contribution >= 0.6 is 0 Å². The second-order valence-electron chi connectivity index (χ2n) is 8.21. The molecule has 1 aliphatic rings. The van der Waals surface area contributed by atoms with Crippen molar-refractivity contribution in [3.8, 4) is 11.6 Å². The minimum Gasteiger partial charge on any atom is -0.497 e. The summed E-state index contributed by atoms with van der Waals surface area (Å²) in [5.74, 6) is 3.45. The summed E-state index contributed by atoms with van der Waals surface area (Å²) < 4.78 is 7.30. The van der Waals surface area contributed by atoms with E-state index in [9.17, 15) is 0 Å². The van der Waals surface area contributed by atoms with Crippen molar-refractivity contribution >= 4 is 5.96 Å². The third-order valence-corrected chi connectivity index (χ3v) is 6.11. The number of nitrogens with zero attached hydrogens (tertiary/aromatic N) is 5. The van der Waals surface area contributed by atoms with E-state index < -0.39 is 0 Å². The second kappa shape index (κ2) is 11.0. The van der Waals surface area contributed by atoms with Crippen molar-refractivity contribution in [3.05, 3.63) is 71.9 Å². The zero-order valence-electron chi connectivity index (χ0n) is 19.7. The quantitative estimate of drug-likeness (QED) is 0.408. The molecule has 0 spiro atoms. The van der Waals surface area contributed by atoms with Gasteiger partial charge in [-0.3, -0.25) is 14.5 Å². The van der Waals surface area contributed by atoms with Gasteiger partial charge in [0.05, 0.1) is 13.2 Å². The van der Waals surface area contributed by atoms with Gasteiger partial charge < -0.3 is 15.4 Å². The Morgan fingerprint density at radius 3 is 2.48 bits per heavy atom. The van der Waals surface area contributed by atoms with E-state index in [4.69, 9.17) is 4.74 Å². The van der Waals surface area contributed by atoms with E-state index in [1.54, 1.807) is 20.4 Å². The summed E-state index contributed by atoms with van der Waals surface area (Å²) in [6, 6.07) is 12.8. The standard InChI is InChI=1S/C25H33N7O/c1-19-27-12-15-32(19)24-11-6-20(16-28-24)17-29-25(26-2)30-18-23(31-13-4-5-14-31)21-7-9-22(33-3)10-8-21/h6-12,15-16,23H,4-5,13-14,17-18H2,1-3H3,(H2,26,29,30). The Hall–Kier alpha value is -3.39. The van der Waals surface area contributed by atoms with E-state index in [0.717, 1.165) is 48.5 Å². The first-order valence-electron chi connectivity index (χ1n) is 11.5. The molecular weight excluding hydrogens is 414 g/mol. The van der Waals surface area contributed by atoms with Gasteiger partial charge in [-0.25, -0.2) is 9.97 Å². The Kier molecular flexibility index (Phi) is 7.57. The zero-order chi connectivity index (χ0) is 23.0. The molecule has 1 aromatic carbocycles. The van der Waals surface area contributed by atoms with Crippen molar-refractivity contribution in [3.63, 3.8) is 0 Å². The number of ether oxygens (including phenoxy) is 1. The van der Waals surface area contributed by atoms with Gasteiger partial charge in [0, 0.05) is 38.7 Å². The summed E-state index contributed by atoms with van der Waals surface area (Å²) in [5.41, 5.74) is 2.38. The van der Waals surface area contributed by atoms with Gasteiger partial charge in [-0.05, 0) is 62.2 Å². The fraction of sp³-hybridized carbons (Fsp3) is 0.400. The Balaban J connectivity index is 1.35. The molecule has 2 N–H and O–H groups in total. The van der Waals surface area contributed by atoms with E-state index in [0.29, 0.717) is 6.54 Å². The minimum absolute atomic E-state index is 0.288. The van der Waals surface area contributed by atoms with Crippen molar-refractivity contribution in [1.82, 2.24) is 30.1 Å². The van der Waals surface area contributed by atoms with E-state index in [1.807, 2.05) is 42.1 Å². The number of likely N-dealkylation sites (tertiary alicyclic amines) is 1. The predicted octanol–water partition coefficient (Wildman–Crippen LogP) is 3.09. The molecule has 33 heavy (non-hydrogen) atoms. The molecule has 0 saturated carbocycles. The molecule has 1 atom stereocenters. The molecule has 8 heteroatoms. The number of hydrogen-bond acceptors (Lipinski definition) is 5. The summed E-state index contributed by atoms with van der Waals surface area (Å²) in [6.07, 6.45) is 8.09. The van der Waals surface area contributed by atoms with Gasteiger partial charge in [-0.15, -0.1) is 0 Å². The van der Waals surface area contributed by atoms with Crippen LogP contribution < -0.4 is 15.4 Å². The van der Waals surface area contributed by atoms with Gasteiger partial charge in [0.15, 0.2) is 5.96 Å². The lowest BCUT2D eigenvalue weighted by Crippen LogP contribution is -2.42. The zero-order valence-corrected chi connectivity index (χ0v) is 19.7. The van der Waals surface area contributed by atoms with E-state index in [2.05, 4.69) is 48.7 Å². The van der Waals surface area contributed by atoms with Crippen molar-refractivity contribution in [2.24, 2.45) is 4.99 Å². The molecule has 2 aromatic heterocycles. The van der Waals surface area contributed by atoms with Crippen LogP contribution in [-0.2, 0) is 6.54 Å². The Morgan fingerprint density at radius 2 is 1.88 bits per heavy atom. The van der Waals surface area contributed by atoms with Crippen LogP contribution in [0.5, 0.6) is 5.75 Å². The number of rotatable bonds is 8. The Labute approximate surface area is 195 Å². The highest BCUT2D eigenvalue weighted by Crippen LogP contribution is 2.26. The first-order valence-corrected chi connectivity index (χ1v) is 11.5. The first-order chi connectivity index (χ1) is 16.2. The van der Waals surface area contributed by atoms with Crippen LogP contribution in [0, 0.1) is 6.92 Å². The summed E-state index contributed by atoms with van der Waals surface area (Å²) in [4.78, 5) is 15.8. The number of aryl methyl sites for hydroxylation is 1. The van der Waals surface area contributed by atoms with Crippen molar-refractivity contribution < 1.29 is 4.74 Å². The normalized spacial score (nSPS) is 15.4. The number of benzene rings is 1. The average Bonchev–Trinajstić information content (AvgIpc) is 3.54. The summed E-state index contributed by atoms with van der Waals surface area (Å²) in [7, 11) is 3.50. The lowest BCUT2D eigenvalue weighted by molar-refractivity contribution is 0.245. The van der Waals surface area contributed by atoms with Crippen LogP contribution in [0.15, 0.2) is 60.0 Å². The highest BCUT2D eigenvalue weighted by molar-refractivity contribution is 5.79. The van der Waals surface area contributed by atoms with E-state index >= 15 is 0 Å². The first kappa shape index (κ1) is 22.8. The summed E-state index contributed by atoms with van der Waals surface area (Å²) in [5, 5.41) is 6.93. The Bertz CT molecular complexity index is 1040. The maximum atomic E-state index is 5.33. The molecular formula is C25H33N7O. The number of hydrogen-bond donors (Lipinski definition) is 2. The van der Waals surface area contributed by atoms with Gasteiger partial charge in [-0.2, -0.15) is 0 Å². The van der Waals surface area contributed by atoms with Crippen molar-refractivity contribution in [2.45, 2.75) is 32.4 Å². The molecule has 3 heterocycles. The number of guanidine groups is 1. The number of imidazole rings is 1. The van der Waals surface area contributed by atoms with Crippen LogP contribution in [0.2, 0.25) is 0 Å². The second-order valence-corrected chi connectivity index (χ2v) is 8.21. The monoisotopic (exact) mass is 447 g/mol. The molecule has 4 rings (SSSR count). The molecule has 1 fully saturated rings. The molecule has 3 aromatic rings. The van der Waals surface area contributed by atoms with Gasteiger partial charge >= 0.3 is 0 Å². The third kappa shape index (κ3) is 5.70. The Morgan fingerprint density at radius 1 is 1.09 bits per heavy atom. The number of methoxy groups -OCH3 is 1. The van der Waals surface area contributed by atoms with E-state index in [-0.39, 0.29) is 6.04 Å². The molecule has 0 bridgehead atoms. The van der Waals surface area contributed by atoms with Gasteiger partial charge in [0.2, 0.25) is 0 Å². The molecule has 1 aliphatic heterocycles. The van der Waals surface area contributed by atoms with Crippen molar-refractivity contribution in [2.75, 3.05) is 33.8 Å². The largest absolute Gasteiger partial charge is 0.497 e. The highest BCUT2D eigenvalue weighted by Gasteiger charge is 2.23. The lowest BCUT2D eigenvalue weighted by atomic mass is 10.1. The van der Waals surface area contributed by atoms with Gasteiger partial charge in [0.25, 0.3) is 0 Å². The molecule has 1 saturated heterocycles. The fourth-order valence-electron chi connectivity index (χ4n) is 4.22. The number of aliphatic imine (C=N–C) groups is 1. The molecule has 0 aliphatic carbocycles. The lowest BCUT2D eigenvalue weighted by Gasteiger charge is -2.29. The van der Waals surface area contributed by atoms with Crippen LogP contribution in [0.1, 0.15) is 35.8 Å². The molecule has 1 unspecified atom stereocenters. The average molecular weight is 448 g/mol. The minimum atomic E-state index is 0.288. The van der Waals surface area contributed by atoms with Crippen LogP contribution in [0.3, 0.4) is 0 Å². The number of nitrogens with one attached hydrogen (secondary N) is 2. The molecule has 0 radical (unpaired) electrons. The molecule has 8 nitrogen and oxygen atoms in total. The predicted molar refractivity (Wildman–Crippen MR) is 131 cm³/mol. The topological polar surface area (TPSA) is 79.6 Å². The van der Waals surface area contributed by atoms with Crippen LogP contribution in [0.25, 0.3) is 5.82 Å². The van der Waals surface area contributed by atoms with Gasteiger partial charge in [0.1, 0.15) is 17.4 Å². The van der Waals surface area contributed by atoms with E-state index in [1.165, 1.54) is 18.4 Å². The highest BCUT2D eigenvalue weighted by atomic mass is 16.5. The summed E-state index contributed by atoms with van der Waals surface area (Å²) >= 11 is 0. The molecule has 174 valence electrons. The fourth-order valence-corrected chi connectivity index (χ4v) is 4.22.